The largest absolute Gasteiger partial charge is 0.311 e. The molecule has 2 aliphatic rings. The van der Waals surface area contributed by atoms with Crippen LogP contribution < -0.4 is 21.3 Å². The number of hydrogen-bond acceptors (Lipinski definition) is 1. The van der Waals surface area contributed by atoms with Crippen molar-refractivity contribution in [2.24, 2.45) is 0 Å². The lowest BCUT2D eigenvalue weighted by atomic mass is 9.33. The van der Waals surface area contributed by atoms with Crippen molar-refractivity contribution in [3.05, 3.63) is 325 Å². The first-order valence-corrected chi connectivity index (χ1v) is 43.3. The minimum atomic E-state index is -0.284. The highest BCUT2D eigenvalue weighted by Gasteiger charge is 2.45. The highest BCUT2D eigenvalue weighted by atomic mass is 15.2. The molecule has 15 aromatic carbocycles. The van der Waals surface area contributed by atoms with Crippen LogP contribution in [0.2, 0.25) is 0 Å². The van der Waals surface area contributed by atoms with Gasteiger partial charge in [0.05, 0.1) is 49.8 Å². The van der Waals surface area contributed by atoms with Crippen LogP contribution in [0, 0.1) is 0 Å². The van der Waals surface area contributed by atoms with Gasteiger partial charge in [0.25, 0.3) is 6.71 Å². The molecule has 586 valence electrons. The molecule has 22 rings (SSSR count). The predicted octanol–water partition coefficient (Wildman–Crippen LogP) is 29.3. The summed E-state index contributed by atoms with van der Waals surface area (Å²) in [6.45, 7) is 42.1. The van der Waals surface area contributed by atoms with Crippen LogP contribution in [0.4, 0.5) is 17.1 Å². The number of rotatable bonds is 5. The fourth-order valence-electron chi connectivity index (χ4n) is 20.7. The average Bonchev–Trinajstić information content (AvgIpc) is 1.46. The molecular weight excluding hydrogens is 1450 g/mol. The van der Waals surface area contributed by atoms with Crippen molar-refractivity contribution in [2.75, 3.05) is 4.90 Å². The van der Waals surface area contributed by atoms with Crippen molar-refractivity contribution < 1.29 is 0 Å². The van der Waals surface area contributed by atoms with Gasteiger partial charge in [-0.05, 0) is 235 Å². The van der Waals surface area contributed by atoms with E-state index in [0.29, 0.717) is 0 Å². The van der Waals surface area contributed by atoms with Gasteiger partial charge in [-0.25, -0.2) is 0 Å². The first-order chi connectivity index (χ1) is 57.3. The molecular formula is C114H102BN5. The molecule has 7 heterocycles. The number of para-hydroxylation sites is 2. The lowest BCUT2D eigenvalue weighted by Gasteiger charge is -2.41. The fraction of sp³-hybridized carbons (Fsp3) is 0.211. The molecule has 0 saturated heterocycles. The highest BCUT2D eigenvalue weighted by molar-refractivity contribution is 7.00. The van der Waals surface area contributed by atoms with Gasteiger partial charge in [0.2, 0.25) is 0 Å². The first kappa shape index (κ1) is 73.7. The van der Waals surface area contributed by atoms with Crippen molar-refractivity contribution in [1.29, 1.82) is 0 Å². The van der Waals surface area contributed by atoms with E-state index in [-0.39, 0.29) is 39.2 Å². The monoisotopic (exact) mass is 1550 g/mol. The molecule has 0 saturated carbocycles. The first-order valence-electron chi connectivity index (χ1n) is 43.3. The zero-order chi connectivity index (χ0) is 82.7. The fourth-order valence-corrected chi connectivity index (χ4v) is 20.7. The van der Waals surface area contributed by atoms with E-state index in [4.69, 9.17) is 0 Å². The van der Waals surface area contributed by atoms with E-state index in [1.807, 2.05) is 0 Å². The van der Waals surface area contributed by atoms with Gasteiger partial charge in [0, 0.05) is 87.8 Å². The van der Waals surface area contributed by atoms with Crippen LogP contribution in [-0.4, -0.2) is 24.8 Å². The van der Waals surface area contributed by atoms with E-state index in [2.05, 4.69) is 439 Å². The Morgan fingerprint density at radius 3 is 1.17 bits per heavy atom. The second-order valence-corrected chi connectivity index (χ2v) is 41.0. The molecule has 0 amide bonds. The Kier molecular flexibility index (Phi) is 15.6. The molecule has 2 aliphatic heterocycles. The second kappa shape index (κ2) is 25.5. The van der Waals surface area contributed by atoms with Crippen LogP contribution in [0.5, 0.6) is 0 Å². The van der Waals surface area contributed by atoms with Crippen LogP contribution in [0.3, 0.4) is 0 Å². The Labute approximate surface area is 704 Å². The minimum Gasteiger partial charge on any atom is -0.311 e. The molecule has 0 radical (unpaired) electrons. The van der Waals surface area contributed by atoms with Crippen LogP contribution in [0.15, 0.2) is 291 Å². The van der Waals surface area contributed by atoms with E-state index in [1.165, 1.54) is 192 Å². The number of nitrogens with zero attached hydrogens (tertiary/aromatic N) is 5. The van der Waals surface area contributed by atoms with E-state index < -0.39 is 0 Å². The van der Waals surface area contributed by atoms with E-state index in [0.717, 1.165) is 39.3 Å². The maximum absolute atomic E-state index is 2.73. The SMILES string of the molecule is CC(C)(C)c1cc(-c2ccc3c(c2)N(c2ccc(-c4ccccc4)cc2)c2c4c(cc5c2c2cccc6c7ccccc7c7ccccc7c7ccccc7n5c62)-n2c5ccc(-n6c7ccc(C(C)(C)C)cc7c7cc(C(C)(C)C)ccc76)cc5c5cc(-n6c7ccc(C(C)(C)C)cc7c7cc(C(C)(C)C)ccc76)cc(c52)B34)cc(C(C)(C)C)c1. The van der Waals surface area contributed by atoms with E-state index in [1.54, 1.807) is 0 Å². The standard InChI is InChI=1S/C114H102BN5/c1-109(2,3)71-42-50-96-87(59-71)88-60-72(110(4,5)6)43-51-97(88)116(96)78-48-54-100-91(63-78)92-64-79(117-98-52-44-73(111(7,8)9)61-89(98)90-62-74(112(10,11)12)45-53-99(90)117)65-94-107(92)120(100)103-66-102-104(86-37-28-36-85-83-34-25-23-32-81(83)80-31-22-24-33-82(80)84-35-26-27-38-95(84)119(102)106(85)86)108-105(103)115(94)93-49-41-69(70-55-75(113(13,14)15)58-76(56-70)114(16,17)18)57-101(93)118(108)77-46-39-68(40-47-77)67-29-20-19-21-30-67/h19-66H,1-18H3. The summed E-state index contributed by atoms with van der Waals surface area (Å²) in [7, 11) is 0. The average molecular weight is 1550 g/mol. The summed E-state index contributed by atoms with van der Waals surface area (Å²) in [6, 6.07) is 115. The molecule has 5 aromatic heterocycles. The van der Waals surface area contributed by atoms with Crippen molar-refractivity contribution in [1.82, 2.24) is 18.1 Å². The Hall–Kier alpha value is -12.6. The lowest BCUT2D eigenvalue weighted by molar-refractivity contribution is 0.569. The number of benzene rings is 15. The zero-order valence-electron chi connectivity index (χ0n) is 72.5. The van der Waals surface area contributed by atoms with Gasteiger partial charge < -0.3 is 23.0 Å². The molecule has 0 aliphatic carbocycles. The number of aromatic nitrogens is 4. The van der Waals surface area contributed by atoms with Crippen LogP contribution >= 0.6 is 0 Å². The van der Waals surface area contributed by atoms with Crippen LogP contribution in [0.1, 0.15) is 158 Å². The molecule has 0 fully saturated rings. The van der Waals surface area contributed by atoms with Gasteiger partial charge >= 0.3 is 0 Å². The normalized spacial score (nSPS) is 13.6. The second-order valence-electron chi connectivity index (χ2n) is 41.0. The third-order valence-electron chi connectivity index (χ3n) is 27.2. The summed E-state index contributed by atoms with van der Waals surface area (Å²) in [4.78, 5) is 2.72. The van der Waals surface area contributed by atoms with Gasteiger partial charge in [-0.15, -0.1) is 0 Å². The van der Waals surface area contributed by atoms with Crippen LogP contribution in [-0.2, 0) is 32.5 Å². The van der Waals surface area contributed by atoms with Gasteiger partial charge in [0.15, 0.2) is 0 Å². The van der Waals surface area contributed by atoms with Gasteiger partial charge in [-0.3, -0.25) is 0 Å². The molecule has 0 N–H and O–H groups in total. The summed E-state index contributed by atoms with van der Waals surface area (Å²) in [5.74, 6) is 0. The molecule has 0 unspecified atom stereocenters. The van der Waals surface area contributed by atoms with Crippen molar-refractivity contribution in [3.8, 4) is 39.3 Å². The van der Waals surface area contributed by atoms with Gasteiger partial charge in [-0.1, -0.05) is 307 Å². The molecule has 0 bridgehead atoms. The van der Waals surface area contributed by atoms with Gasteiger partial charge in [0.1, 0.15) is 0 Å². The topological polar surface area (TPSA) is 22.4 Å². The third kappa shape index (κ3) is 11.0. The molecule has 120 heavy (non-hydrogen) atoms. The summed E-state index contributed by atoms with van der Waals surface area (Å²) >= 11 is 0. The third-order valence-corrected chi connectivity index (χ3v) is 27.2. The molecule has 0 spiro atoms. The Balaban J connectivity index is 0.953. The number of anilines is 3. The molecule has 0 atom stereocenters. The quantitative estimate of drug-likeness (QED) is 0.157. The number of fused-ring (bicyclic) bond motifs is 24. The van der Waals surface area contributed by atoms with Crippen molar-refractivity contribution >= 4 is 165 Å². The molecule has 6 heteroatoms. The summed E-state index contributed by atoms with van der Waals surface area (Å²) < 4.78 is 10.6. The van der Waals surface area contributed by atoms with E-state index >= 15 is 0 Å². The summed E-state index contributed by atoms with van der Waals surface area (Å²) in [6.07, 6.45) is 0. The minimum absolute atomic E-state index is 0.0550. The summed E-state index contributed by atoms with van der Waals surface area (Å²) in [5, 5.41) is 17.1. The highest BCUT2D eigenvalue weighted by Crippen LogP contribution is 2.53. The predicted molar refractivity (Wildman–Crippen MR) is 519 cm³/mol. The Bertz CT molecular complexity index is 7710. The number of hydrogen-bond donors (Lipinski definition) is 0. The van der Waals surface area contributed by atoms with Gasteiger partial charge in [-0.2, -0.15) is 0 Å². The Morgan fingerprint density at radius 1 is 0.217 bits per heavy atom. The zero-order valence-corrected chi connectivity index (χ0v) is 72.5. The van der Waals surface area contributed by atoms with Crippen molar-refractivity contribution in [3.63, 3.8) is 0 Å². The lowest BCUT2D eigenvalue weighted by Crippen LogP contribution is -2.60. The molecule has 20 aromatic rings. The smallest absolute Gasteiger partial charge is 0.252 e. The maximum atomic E-state index is 2.73. The van der Waals surface area contributed by atoms with E-state index in [9.17, 15) is 0 Å². The van der Waals surface area contributed by atoms with Crippen LogP contribution in [0.25, 0.3) is 164 Å². The summed E-state index contributed by atoms with van der Waals surface area (Å²) in [5.41, 5.74) is 33.5. The van der Waals surface area contributed by atoms with Crippen molar-refractivity contribution in [2.45, 2.75) is 157 Å². The maximum Gasteiger partial charge on any atom is 0.252 e. The Morgan fingerprint density at radius 2 is 0.633 bits per heavy atom. The molecule has 5 nitrogen and oxygen atoms in total.